The largest absolute Gasteiger partial charge is 0.495 e. The Balaban J connectivity index is 1.94. The minimum Gasteiger partial charge on any atom is -0.449 e. The van der Waals surface area contributed by atoms with Crippen molar-refractivity contribution in [2.75, 3.05) is 6.61 Å². The predicted octanol–water partition coefficient (Wildman–Crippen LogP) is 3.58. The van der Waals surface area contributed by atoms with E-state index in [9.17, 15) is 4.79 Å². The van der Waals surface area contributed by atoms with Crippen LogP contribution in [0.4, 0.5) is 4.79 Å². The molecule has 0 spiro atoms. The van der Waals surface area contributed by atoms with Gasteiger partial charge in [-0.3, -0.25) is 4.57 Å². The number of hydrogen-bond donors (Lipinski definition) is 0. The molecule has 134 valence electrons. The molecule has 1 aliphatic rings. The number of carbonyl (C=O) groups excluding carboxylic acids is 1. The van der Waals surface area contributed by atoms with Gasteiger partial charge >= 0.3 is 13.2 Å². The lowest BCUT2D eigenvalue weighted by atomic mass is 9.77. The molecule has 1 fully saturated rings. The summed E-state index contributed by atoms with van der Waals surface area (Å²) in [5, 5.41) is 0.933. The molecule has 25 heavy (non-hydrogen) atoms. The fourth-order valence-electron chi connectivity index (χ4n) is 2.83. The first-order valence-electron chi connectivity index (χ1n) is 8.75. The topological polar surface area (TPSA) is 49.7 Å². The molecular weight excluding hydrogens is 317 g/mol. The summed E-state index contributed by atoms with van der Waals surface area (Å²) in [6.45, 7) is 12.5. The first-order chi connectivity index (χ1) is 11.6. The number of hydrogen-bond acceptors (Lipinski definition) is 4. The van der Waals surface area contributed by atoms with Crippen LogP contribution in [0.25, 0.3) is 10.9 Å². The number of ether oxygens (including phenoxy) is 1. The monoisotopic (exact) mass is 343 g/mol. The summed E-state index contributed by atoms with van der Waals surface area (Å²) >= 11 is 0. The quantitative estimate of drug-likeness (QED) is 0.800. The summed E-state index contributed by atoms with van der Waals surface area (Å²) in [5.41, 5.74) is 0.907. The van der Waals surface area contributed by atoms with E-state index in [0.29, 0.717) is 12.5 Å². The summed E-state index contributed by atoms with van der Waals surface area (Å²) in [4.78, 5) is 12.3. The van der Waals surface area contributed by atoms with Crippen molar-refractivity contribution < 1.29 is 18.8 Å². The third-order valence-corrected chi connectivity index (χ3v) is 5.01. The number of nitrogens with zero attached hydrogens (tertiary/aromatic N) is 1. The van der Waals surface area contributed by atoms with Crippen LogP contribution >= 0.6 is 0 Å². The molecule has 0 unspecified atom stereocenters. The van der Waals surface area contributed by atoms with Crippen molar-refractivity contribution in [2.24, 2.45) is 5.92 Å². The zero-order chi connectivity index (χ0) is 18.4. The van der Waals surface area contributed by atoms with Crippen molar-refractivity contribution in [3.8, 4) is 0 Å². The summed E-state index contributed by atoms with van der Waals surface area (Å²) in [7, 11) is -0.462. The second kappa shape index (κ2) is 6.18. The molecule has 2 heterocycles. The van der Waals surface area contributed by atoms with Crippen molar-refractivity contribution >= 4 is 29.6 Å². The number of benzene rings is 1. The van der Waals surface area contributed by atoms with E-state index >= 15 is 0 Å². The number of rotatable bonds is 3. The highest BCUT2D eigenvalue weighted by molar-refractivity contribution is 6.65. The Morgan fingerprint density at radius 2 is 1.80 bits per heavy atom. The summed E-state index contributed by atoms with van der Waals surface area (Å²) in [5.74, 6) is 0.297. The van der Waals surface area contributed by atoms with Crippen LogP contribution in [-0.2, 0) is 14.0 Å². The van der Waals surface area contributed by atoms with Crippen LogP contribution < -0.4 is 5.46 Å². The van der Waals surface area contributed by atoms with Crippen LogP contribution in [0, 0.1) is 5.92 Å². The number of aromatic nitrogens is 1. The second-order valence-electron chi connectivity index (χ2n) is 8.02. The van der Waals surface area contributed by atoms with Crippen LogP contribution in [0.3, 0.4) is 0 Å². The zero-order valence-electron chi connectivity index (χ0n) is 15.8. The van der Waals surface area contributed by atoms with E-state index in [-0.39, 0.29) is 6.09 Å². The van der Waals surface area contributed by atoms with Crippen molar-refractivity contribution in [1.82, 2.24) is 4.57 Å². The molecule has 0 aliphatic carbocycles. The Hall–Kier alpha value is -1.79. The molecule has 0 radical (unpaired) electrons. The van der Waals surface area contributed by atoms with Gasteiger partial charge in [0.2, 0.25) is 0 Å². The molecule has 5 nitrogen and oxygen atoms in total. The molecule has 0 N–H and O–H groups in total. The number of fused-ring (bicyclic) bond motifs is 1. The van der Waals surface area contributed by atoms with Gasteiger partial charge in [-0.15, -0.1) is 0 Å². The van der Waals surface area contributed by atoms with Gasteiger partial charge in [-0.25, -0.2) is 4.79 Å². The summed E-state index contributed by atoms with van der Waals surface area (Å²) < 4.78 is 19.2. The van der Waals surface area contributed by atoms with E-state index < -0.39 is 18.3 Å². The van der Waals surface area contributed by atoms with E-state index in [0.717, 1.165) is 16.4 Å². The van der Waals surface area contributed by atoms with Crippen LogP contribution in [0.1, 0.15) is 41.5 Å². The maximum Gasteiger partial charge on any atom is 0.495 e. The maximum absolute atomic E-state index is 12.3. The molecule has 1 aromatic carbocycles. The van der Waals surface area contributed by atoms with E-state index in [1.54, 1.807) is 6.20 Å². The highest BCUT2D eigenvalue weighted by Gasteiger charge is 2.52. The Morgan fingerprint density at radius 1 is 1.16 bits per heavy atom. The van der Waals surface area contributed by atoms with Gasteiger partial charge in [0.25, 0.3) is 0 Å². The first kappa shape index (κ1) is 18.0. The van der Waals surface area contributed by atoms with Crippen molar-refractivity contribution in [3.05, 3.63) is 30.5 Å². The van der Waals surface area contributed by atoms with E-state index in [1.807, 2.05) is 65.8 Å². The number of carbonyl (C=O) groups is 1. The van der Waals surface area contributed by atoms with E-state index in [4.69, 9.17) is 14.0 Å². The fourth-order valence-corrected chi connectivity index (χ4v) is 2.83. The Morgan fingerprint density at radius 3 is 2.40 bits per heavy atom. The lowest BCUT2D eigenvalue weighted by Crippen LogP contribution is -2.41. The molecule has 6 heteroatoms. The van der Waals surface area contributed by atoms with Crippen LogP contribution in [0.5, 0.6) is 0 Å². The molecule has 3 rings (SSSR count). The van der Waals surface area contributed by atoms with Gasteiger partial charge in [-0.1, -0.05) is 26.0 Å². The molecule has 1 aliphatic heterocycles. The van der Waals surface area contributed by atoms with Crippen LogP contribution in [0.15, 0.2) is 30.5 Å². The molecule has 0 atom stereocenters. The molecule has 1 saturated heterocycles. The lowest BCUT2D eigenvalue weighted by Gasteiger charge is -2.32. The minimum atomic E-state index is -0.462. The minimum absolute atomic E-state index is 0.297. The highest BCUT2D eigenvalue weighted by Crippen LogP contribution is 2.37. The third-order valence-electron chi connectivity index (χ3n) is 5.01. The SMILES string of the molecule is CC(C)COC(=O)n1ccc2c(B3OC(C)(C)C(C)(C)O3)cccc21. The summed E-state index contributed by atoms with van der Waals surface area (Å²) in [6, 6.07) is 7.70. The molecule has 0 amide bonds. The standard InChI is InChI=1S/C19H26BNO4/c1-13(2)12-23-17(22)21-11-10-14-15(8-7-9-16(14)21)20-24-18(3,4)19(5,6)25-20/h7-11,13H,12H2,1-6H3. The van der Waals surface area contributed by atoms with Crippen molar-refractivity contribution in [2.45, 2.75) is 52.7 Å². The predicted molar refractivity (Wildman–Crippen MR) is 99.2 cm³/mol. The molecule has 1 aromatic heterocycles. The summed E-state index contributed by atoms with van der Waals surface area (Å²) in [6.07, 6.45) is 1.37. The Bertz CT molecular complexity index is 778. The molecule has 0 saturated carbocycles. The van der Waals surface area contributed by atoms with Gasteiger partial charge in [0.05, 0.1) is 23.3 Å². The zero-order valence-corrected chi connectivity index (χ0v) is 15.8. The van der Waals surface area contributed by atoms with Crippen LogP contribution in [-0.4, -0.2) is 35.6 Å². The van der Waals surface area contributed by atoms with Gasteiger partial charge in [-0.05, 0) is 56.6 Å². The average Bonchev–Trinajstić information content (AvgIpc) is 3.03. The first-order valence-corrected chi connectivity index (χ1v) is 8.75. The van der Waals surface area contributed by atoms with E-state index in [1.165, 1.54) is 4.57 Å². The van der Waals surface area contributed by atoms with E-state index in [2.05, 4.69) is 0 Å². The van der Waals surface area contributed by atoms with Gasteiger partial charge in [0.1, 0.15) is 0 Å². The van der Waals surface area contributed by atoms with Crippen molar-refractivity contribution in [1.29, 1.82) is 0 Å². The normalized spacial score (nSPS) is 18.9. The molecule has 2 aromatic rings. The third kappa shape index (κ3) is 3.21. The second-order valence-corrected chi connectivity index (χ2v) is 8.02. The molecule has 0 bridgehead atoms. The Labute approximate surface area is 149 Å². The fraction of sp³-hybridized carbons (Fsp3) is 0.526. The van der Waals surface area contributed by atoms with Gasteiger partial charge in [0.15, 0.2) is 0 Å². The smallest absolute Gasteiger partial charge is 0.449 e. The van der Waals surface area contributed by atoms with Gasteiger partial charge in [-0.2, -0.15) is 0 Å². The average molecular weight is 343 g/mol. The lowest BCUT2D eigenvalue weighted by molar-refractivity contribution is 0.00578. The maximum atomic E-state index is 12.3. The highest BCUT2D eigenvalue weighted by atomic mass is 16.7. The van der Waals surface area contributed by atoms with Crippen molar-refractivity contribution in [3.63, 3.8) is 0 Å². The van der Waals surface area contributed by atoms with Gasteiger partial charge < -0.3 is 14.0 Å². The Kier molecular flexibility index (Phi) is 4.46. The van der Waals surface area contributed by atoms with Gasteiger partial charge in [0, 0.05) is 6.20 Å². The molecular formula is C19H26BNO4. The van der Waals surface area contributed by atoms with Crippen LogP contribution in [0.2, 0.25) is 0 Å².